The number of allylic oxidation sites excluding steroid dienone is 4. The molecular formula is C44H46N6O4. The number of rotatable bonds is 10. The van der Waals surface area contributed by atoms with Crippen LogP contribution < -0.4 is 33.6 Å². The Balaban J connectivity index is 0.000000167. The number of benzene rings is 4. The highest BCUT2D eigenvalue weighted by Crippen LogP contribution is 2.49. The third kappa shape index (κ3) is 7.93. The van der Waals surface area contributed by atoms with E-state index < -0.39 is 11.8 Å². The zero-order chi connectivity index (χ0) is 37.9. The predicted octanol–water partition coefficient (Wildman–Crippen LogP) is 5.44. The van der Waals surface area contributed by atoms with E-state index in [1.807, 2.05) is 121 Å². The molecule has 0 saturated heterocycles. The van der Waals surface area contributed by atoms with E-state index in [0.29, 0.717) is 0 Å². The van der Waals surface area contributed by atoms with Crippen LogP contribution in [0.5, 0.6) is 0 Å². The van der Waals surface area contributed by atoms with Crippen molar-refractivity contribution in [1.29, 1.82) is 0 Å². The number of primary amides is 2. The fourth-order valence-corrected chi connectivity index (χ4v) is 8.74. The molecule has 10 N–H and O–H groups in total. The van der Waals surface area contributed by atoms with Crippen LogP contribution in [0.3, 0.4) is 0 Å². The van der Waals surface area contributed by atoms with Gasteiger partial charge in [0.1, 0.15) is 0 Å². The molecule has 0 aliphatic heterocycles. The summed E-state index contributed by atoms with van der Waals surface area (Å²) in [6.07, 6.45) is 11.4. The molecule has 4 bridgehead atoms. The molecule has 2 saturated carbocycles. The highest BCUT2D eigenvalue weighted by Gasteiger charge is 2.51. The zero-order valence-corrected chi connectivity index (χ0v) is 29.9. The minimum Gasteiger partial charge on any atom is -0.399 e. The molecule has 2 fully saturated rings. The summed E-state index contributed by atoms with van der Waals surface area (Å²) >= 11 is 0. The van der Waals surface area contributed by atoms with Gasteiger partial charge in [-0.25, -0.2) is 0 Å². The molecule has 4 aliphatic carbocycles. The number of carbonyl (C=O) groups excluding carboxylic acids is 4. The molecule has 8 unspecified atom stereocenters. The summed E-state index contributed by atoms with van der Waals surface area (Å²) in [6, 6.07) is 31.2. The van der Waals surface area contributed by atoms with E-state index in [9.17, 15) is 19.2 Å². The molecule has 10 heteroatoms. The maximum atomic E-state index is 12.8. The topological polar surface area (TPSA) is 196 Å². The molecule has 0 spiro atoms. The molecule has 0 aromatic heterocycles. The Labute approximate surface area is 315 Å². The third-order valence-corrected chi connectivity index (χ3v) is 11.4. The monoisotopic (exact) mass is 722 g/mol. The Morgan fingerprint density at radius 3 is 1.02 bits per heavy atom. The molecule has 8 rings (SSSR count). The van der Waals surface area contributed by atoms with Crippen LogP contribution in [-0.4, -0.2) is 23.6 Å². The van der Waals surface area contributed by atoms with Crippen molar-refractivity contribution in [1.82, 2.24) is 0 Å². The average Bonchev–Trinajstić information content (AvgIpc) is 3.98. The number of nitrogen functional groups attached to an aromatic ring is 2. The van der Waals surface area contributed by atoms with Crippen molar-refractivity contribution in [2.24, 2.45) is 58.8 Å². The second-order valence-electron chi connectivity index (χ2n) is 15.0. The van der Waals surface area contributed by atoms with Gasteiger partial charge in [-0.1, -0.05) is 72.8 Å². The summed E-state index contributed by atoms with van der Waals surface area (Å²) in [5.74, 6) is -2.13. The molecule has 276 valence electrons. The second-order valence-corrected chi connectivity index (χ2v) is 15.0. The van der Waals surface area contributed by atoms with Crippen LogP contribution in [-0.2, 0) is 32.0 Å². The van der Waals surface area contributed by atoms with Crippen LogP contribution in [0.25, 0.3) is 0 Å². The standard InChI is InChI=1S/2C22H23N3O2/c2*23-17-7-1-13(2-8-17)11-14-3-9-18(10-4-14)25-22(27)20-16-6-5-15(12-16)19(20)21(24)26/h2*1-10,15-16,19-20H,11-12,23H2,(H2,24,26)(H,25,27). The van der Waals surface area contributed by atoms with Crippen molar-refractivity contribution in [3.63, 3.8) is 0 Å². The van der Waals surface area contributed by atoms with E-state index in [-0.39, 0.29) is 59.1 Å². The quantitative estimate of drug-likeness (QED) is 0.0931. The van der Waals surface area contributed by atoms with Gasteiger partial charge in [0.15, 0.2) is 0 Å². The summed E-state index contributed by atoms with van der Waals surface area (Å²) in [5, 5.41) is 5.91. The van der Waals surface area contributed by atoms with E-state index >= 15 is 0 Å². The fourth-order valence-electron chi connectivity index (χ4n) is 8.74. The molecule has 0 radical (unpaired) electrons. The molecule has 54 heavy (non-hydrogen) atoms. The summed E-state index contributed by atoms with van der Waals surface area (Å²) < 4.78 is 0. The van der Waals surface area contributed by atoms with Gasteiger partial charge in [0.05, 0.1) is 23.7 Å². The van der Waals surface area contributed by atoms with Gasteiger partial charge in [0.25, 0.3) is 0 Å². The van der Waals surface area contributed by atoms with Crippen LogP contribution in [0, 0.1) is 47.3 Å². The summed E-state index contributed by atoms with van der Waals surface area (Å²) in [6.45, 7) is 0. The maximum absolute atomic E-state index is 12.8. The lowest BCUT2D eigenvalue weighted by atomic mass is 9.82. The number of amides is 4. The first kappa shape index (κ1) is 36.2. The fraction of sp³-hybridized carbons (Fsp3) is 0.273. The maximum Gasteiger partial charge on any atom is 0.228 e. The molecule has 4 aromatic rings. The van der Waals surface area contributed by atoms with Crippen molar-refractivity contribution in [2.45, 2.75) is 25.7 Å². The average molecular weight is 723 g/mol. The van der Waals surface area contributed by atoms with Crippen LogP contribution in [0.4, 0.5) is 22.7 Å². The highest BCUT2D eigenvalue weighted by atomic mass is 16.2. The van der Waals surface area contributed by atoms with Crippen LogP contribution >= 0.6 is 0 Å². The van der Waals surface area contributed by atoms with E-state index in [2.05, 4.69) is 10.6 Å². The van der Waals surface area contributed by atoms with Gasteiger partial charge in [0.2, 0.25) is 23.6 Å². The number of anilines is 4. The predicted molar refractivity (Wildman–Crippen MR) is 211 cm³/mol. The SMILES string of the molecule is NC(=O)C1C2C=CC(C2)C1C(=O)Nc1ccc(Cc2ccc(N)cc2)cc1.NC(=O)C1C2C=CC(C2)C1C(=O)Nc1ccc(Cc2ccc(N)cc2)cc1. The van der Waals surface area contributed by atoms with Crippen molar-refractivity contribution in [3.05, 3.63) is 144 Å². The van der Waals surface area contributed by atoms with Gasteiger partial charge in [-0.05, 0) is 120 Å². The minimum atomic E-state index is -0.398. The number of hydrogen-bond donors (Lipinski definition) is 6. The van der Waals surface area contributed by atoms with Crippen molar-refractivity contribution < 1.29 is 19.2 Å². The first-order valence-corrected chi connectivity index (χ1v) is 18.5. The molecule has 10 nitrogen and oxygen atoms in total. The zero-order valence-electron chi connectivity index (χ0n) is 29.9. The minimum absolute atomic E-state index is 0.102. The molecule has 4 aromatic carbocycles. The Morgan fingerprint density at radius 2 is 0.722 bits per heavy atom. The first-order valence-electron chi connectivity index (χ1n) is 18.5. The highest BCUT2D eigenvalue weighted by molar-refractivity contribution is 5.98. The van der Waals surface area contributed by atoms with Crippen LogP contribution in [0.1, 0.15) is 35.1 Å². The molecule has 4 amide bonds. The largest absolute Gasteiger partial charge is 0.399 e. The lowest BCUT2D eigenvalue weighted by Crippen LogP contribution is -2.39. The summed E-state index contributed by atoms with van der Waals surface area (Å²) in [5.41, 5.74) is 30.2. The van der Waals surface area contributed by atoms with Crippen molar-refractivity contribution in [2.75, 3.05) is 22.1 Å². The number of carbonyl (C=O) groups is 4. The van der Waals surface area contributed by atoms with Gasteiger partial charge < -0.3 is 33.6 Å². The van der Waals surface area contributed by atoms with Gasteiger partial charge >= 0.3 is 0 Å². The smallest absolute Gasteiger partial charge is 0.228 e. The summed E-state index contributed by atoms with van der Waals surface area (Å²) in [4.78, 5) is 49.1. The first-order chi connectivity index (χ1) is 26.0. The number of nitrogens with two attached hydrogens (primary N) is 4. The van der Waals surface area contributed by atoms with Crippen molar-refractivity contribution >= 4 is 46.4 Å². The van der Waals surface area contributed by atoms with Crippen LogP contribution in [0.15, 0.2) is 121 Å². The van der Waals surface area contributed by atoms with Gasteiger partial charge in [-0.3, -0.25) is 19.2 Å². The Kier molecular flexibility index (Phi) is 10.4. The Hall–Kier alpha value is -6.16. The lowest BCUT2D eigenvalue weighted by Gasteiger charge is -2.24. The van der Waals surface area contributed by atoms with Crippen LogP contribution in [0.2, 0.25) is 0 Å². The second kappa shape index (κ2) is 15.4. The molecular weight excluding hydrogens is 677 g/mol. The summed E-state index contributed by atoms with van der Waals surface area (Å²) in [7, 11) is 0. The van der Waals surface area contributed by atoms with Crippen molar-refractivity contribution in [3.8, 4) is 0 Å². The van der Waals surface area contributed by atoms with Gasteiger partial charge in [0, 0.05) is 22.7 Å². The Morgan fingerprint density at radius 1 is 0.444 bits per heavy atom. The normalized spacial score (nSPS) is 25.5. The molecule has 0 heterocycles. The number of nitrogens with one attached hydrogen (secondary N) is 2. The van der Waals surface area contributed by atoms with E-state index in [1.54, 1.807) is 0 Å². The Bertz CT molecular complexity index is 1920. The van der Waals surface area contributed by atoms with Gasteiger partial charge in [-0.2, -0.15) is 0 Å². The third-order valence-electron chi connectivity index (χ3n) is 11.4. The van der Waals surface area contributed by atoms with E-state index in [4.69, 9.17) is 22.9 Å². The molecule has 8 atom stereocenters. The molecule has 4 aliphatic rings. The number of hydrogen-bond acceptors (Lipinski definition) is 6. The van der Waals surface area contributed by atoms with E-state index in [1.165, 1.54) is 11.1 Å². The van der Waals surface area contributed by atoms with E-state index in [0.717, 1.165) is 59.6 Å². The van der Waals surface area contributed by atoms with Gasteiger partial charge in [-0.15, -0.1) is 0 Å². The number of fused-ring (bicyclic) bond motifs is 4. The lowest BCUT2D eigenvalue weighted by molar-refractivity contribution is -0.130.